The van der Waals surface area contributed by atoms with Gasteiger partial charge in [0.15, 0.2) is 0 Å². The summed E-state index contributed by atoms with van der Waals surface area (Å²) < 4.78 is 5.02. The molecule has 0 amide bonds. The van der Waals surface area contributed by atoms with Crippen molar-refractivity contribution in [2.45, 2.75) is 19.4 Å². The van der Waals surface area contributed by atoms with Crippen LogP contribution in [0, 0.1) is 0 Å². The van der Waals surface area contributed by atoms with Crippen molar-refractivity contribution in [1.29, 1.82) is 0 Å². The predicted molar refractivity (Wildman–Crippen MR) is 71.1 cm³/mol. The number of hydrogen-bond acceptors (Lipinski definition) is 2. The van der Waals surface area contributed by atoms with Crippen molar-refractivity contribution in [3.63, 3.8) is 0 Å². The maximum absolute atomic E-state index is 5.02. The minimum atomic E-state index is 0.855. The Morgan fingerprint density at radius 2 is 2.18 bits per heavy atom. The molecule has 0 saturated heterocycles. The molecule has 0 spiro atoms. The standard InChI is InChI=1S/C14H20N2O/c1-17-10-3-2-8-15-11-13-6-4-5-12-7-9-16-14(12)13/h4-7,9,15-16H,2-3,8,10-11H2,1H3. The number of ether oxygens (including phenoxy) is 1. The van der Waals surface area contributed by atoms with Crippen LogP contribution in [0.5, 0.6) is 0 Å². The van der Waals surface area contributed by atoms with Crippen molar-refractivity contribution in [1.82, 2.24) is 10.3 Å². The lowest BCUT2D eigenvalue weighted by Gasteiger charge is -2.06. The van der Waals surface area contributed by atoms with Crippen LogP contribution in [-0.2, 0) is 11.3 Å². The Morgan fingerprint density at radius 3 is 3.06 bits per heavy atom. The highest BCUT2D eigenvalue weighted by molar-refractivity contribution is 5.82. The van der Waals surface area contributed by atoms with Gasteiger partial charge in [-0.15, -0.1) is 0 Å². The summed E-state index contributed by atoms with van der Waals surface area (Å²) in [6.45, 7) is 2.82. The number of H-pyrrole nitrogens is 1. The van der Waals surface area contributed by atoms with E-state index < -0.39 is 0 Å². The maximum atomic E-state index is 5.02. The summed E-state index contributed by atoms with van der Waals surface area (Å²) in [6, 6.07) is 8.52. The Morgan fingerprint density at radius 1 is 1.24 bits per heavy atom. The second-order valence-electron chi connectivity index (χ2n) is 4.24. The molecule has 17 heavy (non-hydrogen) atoms. The Bertz CT molecular complexity index is 450. The molecule has 0 atom stereocenters. The van der Waals surface area contributed by atoms with Crippen LogP contribution in [0.15, 0.2) is 30.5 Å². The highest BCUT2D eigenvalue weighted by atomic mass is 16.5. The molecule has 92 valence electrons. The van der Waals surface area contributed by atoms with Gasteiger partial charge in [0.1, 0.15) is 0 Å². The van der Waals surface area contributed by atoms with Crippen LogP contribution in [0.1, 0.15) is 18.4 Å². The average molecular weight is 232 g/mol. The molecule has 0 aliphatic heterocycles. The predicted octanol–water partition coefficient (Wildman–Crippen LogP) is 2.68. The molecule has 1 aromatic heterocycles. The highest BCUT2D eigenvalue weighted by Gasteiger charge is 2.00. The van der Waals surface area contributed by atoms with E-state index in [-0.39, 0.29) is 0 Å². The molecule has 1 aromatic carbocycles. The molecule has 0 aliphatic carbocycles. The van der Waals surface area contributed by atoms with E-state index in [0.717, 1.165) is 32.5 Å². The van der Waals surface area contributed by atoms with Crippen molar-refractivity contribution in [2.24, 2.45) is 0 Å². The van der Waals surface area contributed by atoms with E-state index >= 15 is 0 Å². The van der Waals surface area contributed by atoms with Crippen molar-refractivity contribution >= 4 is 10.9 Å². The molecular formula is C14H20N2O. The van der Waals surface area contributed by atoms with Gasteiger partial charge in [-0.1, -0.05) is 18.2 Å². The largest absolute Gasteiger partial charge is 0.385 e. The van der Waals surface area contributed by atoms with Gasteiger partial charge in [-0.05, 0) is 36.4 Å². The molecule has 0 fully saturated rings. The van der Waals surface area contributed by atoms with E-state index in [9.17, 15) is 0 Å². The third kappa shape index (κ3) is 3.32. The Kier molecular flexibility index (Phi) is 4.59. The molecule has 0 unspecified atom stereocenters. The number of aromatic nitrogens is 1. The molecule has 0 aliphatic rings. The lowest BCUT2D eigenvalue weighted by molar-refractivity contribution is 0.192. The Labute approximate surface area is 102 Å². The molecule has 2 aromatic rings. The zero-order valence-electron chi connectivity index (χ0n) is 10.3. The molecule has 0 radical (unpaired) electrons. The van der Waals surface area contributed by atoms with Gasteiger partial charge in [0, 0.05) is 32.0 Å². The summed E-state index contributed by atoms with van der Waals surface area (Å²) >= 11 is 0. The molecular weight excluding hydrogens is 212 g/mol. The fourth-order valence-electron chi connectivity index (χ4n) is 2.02. The number of nitrogens with one attached hydrogen (secondary N) is 2. The monoisotopic (exact) mass is 232 g/mol. The first-order valence-corrected chi connectivity index (χ1v) is 6.16. The van der Waals surface area contributed by atoms with Gasteiger partial charge in [-0.3, -0.25) is 0 Å². The summed E-state index contributed by atoms with van der Waals surface area (Å²) in [5, 5.41) is 4.75. The summed E-state index contributed by atoms with van der Waals surface area (Å²) in [5.74, 6) is 0. The van der Waals surface area contributed by atoms with Gasteiger partial charge in [0.05, 0.1) is 0 Å². The van der Waals surface area contributed by atoms with Crippen LogP contribution in [0.3, 0.4) is 0 Å². The summed E-state index contributed by atoms with van der Waals surface area (Å²) in [7, 11) is 1.75. The normalized spacial score (nSPS) is 11.1. The van der Waals surface area contributed by atoms with Gasteiger partial charge >= 0.3 is 0 Å². The Hall–Kier alpha value is -1.32. The van der Waals surface area contributed by atoms with Gasteiger partial charge in [0.2, 0.25) is 0 Å². The van der Waals surface area contributed by atoms with E-state index in [4.69, 9.17) is 4.74 Å². The first kappa shape index (κ1) is 12.1. The molecule has 3 heteroatoms. The summed E-state index contributed by atoms with van der Waals surface area (Å²) in [4.78, 5) is 3.29. The average Bonchev–Trinajstić information content (AvgIpc) is 2.82. The van der Waals surface area contributed by atoms with Crippen molar-refractivity contribution < 1.29 is 4.74 Å². The second kappa shape index (κ2) is 6.42. The molecule has 2 N–H and O–H groups in total. The number of para-hydroxylation sites is 1. The van der Waals surface area contributed by atoms with Crippen LogP contribution in [0.25, 0.3) is 10.9 Å². The van der Waals surface area contributed by atoms with Gasteiger partial charge < -0.3 is 15.0 Å². The first-order chi connectivity index (χ1) is 8.42. The lowest BCUT2D eigenvalue weighted by atomic mass is 10.1. The zero-order chi connectivity index (χ0) is 11.9. The number of methoxy groups -OCH3 is 1. The molecule has 0 saturated carbocycles. The second-order valence-corrected chi connectivity index (χ2v) is 4.24. The van der Waals surface area contributed by atoms with Crippen LogP contribution in [0.2, 0.25) is 0 Å². The quantitative estimate of drug-likeness (QED) is 0.720. The van der Waals surface area contributed by atoms with Crippen LogP contribution in [-0.4, -0.2) is 25.2 Å². The lowest BCUT2D eigenvalue weighted by Crippen LogP contribution is -2.15. The van der Waals surface area contributed by atoms with Gasteiger partial charge in [-0.2, -0.15) is 0 Å². The summed E-state index contributed by atoms with van der Waals surface area (Å²) in [5.41, 5.74) is 2.58. The molecule has 3 nitrogen and oxygen atoms in total. The van der Waals surface area contributed by atoms with Gasteiger partial charge in [-0.25, -0.2) is 0 Å². The minimum Gasteiger partial charge on any atom is -0.385 e. The SMILES string of the molecule is COCCCCNCc1cccc2cc[nH]c12. The van der Waals surface area contributed by atoms with Crippen molar-refractivity contribution in [2.75, 3.05) is 20.3 Å². The highest BCUT2D eigenvalue weighted by Crippen LogP contribution is 2.16. The molecule has 0 bridgehead atoms. The molecule has 2 rings (SSSR count). The number of fused-ring (bicyclic) bond motifs is 1. The smallest absolute Gasteiger partial charge is 0.0499 e. The third-order valence-electron chi connectivity index (χ3n) is 2.94. The van der Waals surface area contributed by atoms with E-state index in [1.165, 1.54) is 16.5 Å². The minimum absolute atomic E-state index is 0.855. The zero-order valence-corrected chi connectivity index (χ0v) is 10.3. The number of aromatic amines is 1. The van der Waals surface area contributed by atoms with Crippen molar-refractivity contribution in [3.8, 4) is 0 Å². The van der Waals surface area contributed by atoms with E-state index in [0.29, 0.717) is 0 Å². The van der Waals surface area contributed by atoms with Gasteiger partial charge in [0.25, 0.3) is 0 Å². The van der Waals surface area contributed by atoms with E-state index in [2.05, 4.69) is 34.6 Å². The van der Waals surface area contributed by atoms with Crippen LogP contribution in [0.4, 0.5) is 0 Å². The number of unbranched alkanes of at least 4 members (excludes halogenated alkanes) is 1. The first-order valence-electron chi connectivity index (χ1n) is 6.16. The molecule has 1 heterocycles. The third-order valence-corrected chi connectivity index (χ3v) is 2.94. The number of hydrogen-bond donors (Lipinski definition) is 2. The number of benzene rings is 1. The Balaban J connectivity index is 1.80. The van der Waals surface area contributed by atoms with E-state index in [1.807, 2.05) is 6.20 Å². The topological polar surface area (TPSA) is 37.0 Å². The fourth-order valence-corrected chi connectivity index (χ4v) is 2.02. The van der Waals surface area contributed by atoms with Crippen LogP contribution < -0.4 is 5.32 Å². The number of rotatable bonds is 7. The fraction of sp³-hybridized carbons (Fsp3) is 0.429. The maximum Gasteiger partial charge on any atom is 0.0499 e. The summed E-state index contributed by atoms with van der Waals surface area (Å²) in [6.07, 6.45) is 4.28. The van der Waals surface area contributed by atoms with E-state index in [1.54, 1.807) is 7.11 Å². The van der Waals surface area contributed by atoms with Crippen LogP contribution >= 0.6 is 0 Å². The van der Waals surface area contributed by atoms with Crippen molar-refractivity contribution in [3.05, 3.63) is 36.0 Å².